The number of likely N-dealkylation sites (tertiary alicyclic amines) is 1. The summed E-state index contributed by atoms with van der Waals surface area (Å²) < 4.78 is 5.54. The van der Waals surface area contributed by atoms with Crippen molar-refractivity contribution < 1.29 is 9.84 Å². The SMILES string of the molecule is Cc1nc(N2CCC3(CC2)CC(O)CN(C2CCOCC2)C3)c(C#N)c(C)c1C. The Labute approximate surface area is 174 Å². The van der Waals surface area contributed by atoms with Crippen LogP contribution >= 0.6 is 0 Å². The topological polar surface area (TPSA) is 72.6 Å². The van der Waals surface area contributed by atoms with Crippen molar-refractivity contribution in [3.63, 3.8) is 0 Å². The van der Waals surface area contributed by atoms with E-state index < -0.39 is 0 Å². The summed E-state index contributed by atoms with van der Waals surface area (Å²) in [6.45, 7) is 11.5. The van der Waals surface area contributed by atoms with Gasteiger partial charge in [-0.3, -0.25) is 4.90 Å². The largest absolute Gasteiger partial charge is 0.392 e. The van der Waals surface area contributed by atoms with Crippen LogP contribution in [-0.2, 0) is 4.74 Å². The van der Waals surface area contributed by atoms with Crippen LogP contribution in [0.5, 0.6) is 0 Å². The molecule has 1 aromatic rings. The van der Waals surface area contributed by atoms with Gasteiger partial charge >= 0.3 is 0 Å². The van der Waals surface area contributed by atoms with Crippen molar-refractivity contribution in [1.29, 1.82) is 5.26 Å². The fourth-order valence-electron chi connectivity index (χ4n) is 5.57. The van der Waals surface area contributed by atoms with E-state index in [4.69, 9.17) is 9.72 Å². The second-order valence-corrected chi connectivity index (χ2v) is 9.38. The molecule has 1 spiro atoms. The second kappa shape index (κ2) is 8.22. The fraction of sp³-hybridized carbons (Fsp3) is 0.739. The molecule has 3 fully saturated rings. The molecule has 6 heteroatoms. The normalized spacial score (nSPS) is 25.9. The van der Waals surface area contributed by atoms with Gasteiger partial charge in [-0.2, -0.15) is 5.26 Å². The van der Waals surface area contributed by atoms with E-state index in [-0.39, 0.29) is 11.5 Å². The molecule has 0 amide bonds. The van der Waals surface area contributed by atoms with Gasteiger partial charge in [-0.25, -0.2) is 4.98 Å². The van der Waals surface area contributed by atoms with Crippen molar-refractivity contribution in [3.8, 4) is 6.07 Å². The van der Waals surface area contributed by atoms with Crippen molar-refractivity contribution in [1.82, 2.24) is 9.88 Å². The highest BCUT2D eigenvalue weighted by Gasteiger charge is 2.43. The fourth-order valence-corrected chi connectivity index (χ4v) is 5.57. The minimum absolute atomic E-state index is 0.175. The number of anilines is 1. The number of hydrogen-bond donors (Lipinski definition) is 1. The molecule has 4 heterocycles. The lowest BCUT2D eigenvalue weighted by Gasteiger charge is -2.51. The molecule has 158 valence electrons. The number of aryl methyl sites for hydroxylation is 1. The minimum atomic E-state index is -0.241. The zero-order chi connectivity index (χ0) is 20.6. The summed E-state index contributed by atoms with van der Waals surface area (Å²) in [6, 6.07) is 2.94. The Bertz CT molecular complexity index is 789. The van der Waals surface area contributed by atoms with E-state index in [2.05, 4.69) is 15.9 Å². The molecule has 3 aliphatic rings. The van der Waals surface area contributed by atoms with Crippen LogP contribution in [0.2, 0.25) is 0 Å². The van der Waals surface area contributed by atoms with Crippen molar-refractivity contribution in [2.45, 2.75) is 65.0 Å². The molecule has 0 bridgehead atoms. The molecule has 0 aliphatic carbocycles. The van der Waals surface area contributed by atoms with Gasteiger partial charge in [0, 0.05) is 51.1 Å². The summed E-state index contributed by atoms with van der Waals surface area (Å²) in [5, 5.41) is 20.4. The van der Waals surface area contributed by atoms with Crippen LogP contribution in [0.3, 0.4) is 0 Å². The molecule has 6 nitrogen and oxygen atoms in total. The third kappa shape index (κ3) is 4.01. The van der Waals surface area contributed by atoms with E-state index in [1.54, 1.807) is 0 Å². The summed E-state index contributed by atoms with van der Waals surface area (Å²) in [4.78, 5) is 9.62. The number of aliphatic hydroxyl groups is 1. The molecule has 0 saturated carbocycles. The van der Waals surface area contributed by atoms with E-state index in [1.807, 2.05) is 20.8 Å². The molecular weight excluding hydrogens is 364 g/mol. The molecule has 4 rings (SSSR count). The second-order valence-electron chi connectivity index (χ2n) is 9.38. The number of ether oxygens (including phenoxy) is 1. The van der Waals surface area contributed by atoms with Gasteiger partial charge in [0.15, 0.2) is 0 Å². The van der Waals surface area contributed by atoms with Gasteiger partial charge in [-0.15, -0.1) is 0 Å². The van der Waals surface area contributed by atoms with Gasteiger partial charge in [-0.1, -0.05) is 0 Å². The number of nitriles is 1. The third-order valence-electron chi connectivity index (χ3n) is 7.57. The molecule has 0 aromatic carbocycles. The first-order chi connectivity index (χ1) is 13.9. The maximum Gasteiger partial charge on any atom is 0.147 e. The predicted molar refractivity (Wildman–Crippen MR) is 113 cm³/mol. The van der Waals surface area contributed by atoms with Crippen LogP contribution in [0.4, 0.5) is 5.82 Å². The summed E-state index contributed by atoms with van der Waals surface area (Å²) in [5.41, 5.74) is 4.07. The molecule has 1 N–H and O–H groups in total. The van der Waals surface area contributed by atoms with E-state index in [9.17, 15) is 10.4 Å². The Morgan fingerprint density at radius 1 is 1.14 bits per heavy atom. The van der Waals surface area contributed by atoms with Crippen LogP contribution < -0.4 is 4.90 Å². The Morgan fingerprint density at radius 2 is 1.83 bits per heavy atom. The van der Waals surface area contributed by atoms with E-state index in [0.717, 1.165) is 99.7 Å². The van der Waals surface area contributed by atoms with Gasteiger partial charge in [0.05, 0.1) is 11.7 Å². The molecule has 0 radical (unpaired) electrons. The number of aromatic nitrogens is 1. The molecule has 1 aromatic heterocycles. The summed E-state index contributed by atoms with van der Waals surface area (Å²) in [5.74, 6) is 0.848. The van der Waals surface area contributed by atoms with Gasteiger partial charge < -0.3 is 14.7 Å². The standard InChI is InChI=1S/C23H34N4O2/c1-16-17(2)21(13-24)22(25-18(16)3)26-8-6-23(7-9-26)12-20(28)14-27(15-23)19-4-10-29-11-5-19/h19-20,28H,4-12,14-15H2,1-3H3. The van der Waals surface area contributed by atoms with Crippen molar-refractivity contribution in [3.05, 3.63) is 22.4 Å². The highest BCUT2D eigenvalue weighted by molar-refractivity contribution is 5.60. The first kappa shape index (κ1) is 20.6. The maximum atomic E-state index is 10.7. The van der Waals surface area contributed by atoms with Gasteiger partial charge in [0.25, 0.3) is 0 Å². The van der Waals surface area contributed by atoms with Crippen LogP contribution in [0.25, 0.3) is 0 Å². The molecule has 1 unspecified atom stereocenters. The van der Waals surface area contributed by atoms with Gasteiger partial charge in [-0.05, 0) is 69.4 Å². The number of aliphatic hydroxyl groups excluding tert-OH is 1. The third-order valence-corrected chi connectivity index (χ3v) is 7.57. The molecule has 3 aliphatic heterocycles. The lowest BCUT2D eigenvalue weighted by molar-refractivity contribution is -0.0602. The summed E-state index contributed by atoms with van der Waals surface area (Å²) in [7, 11) is 0. The number of β-amino-alcohol motifs (C(OH)–C–C–N with tert-alkyl or cyclic N) is 1. The zero-order valence-corrected chi connectivity index (χ0v) is 18.1. The lowest BCUT2D eigenvalue weighted by Crippen LogP contribution is -2.57. The van der Waals surface area contributed by atoms with Gasteiger partial charge in [0.2, 0.25) is 0 Å². The average molecular weight is 399 g/mol. The van der Waals surface area contributed by atoms with Crippen molar-refractivity contribution in [2.24, 2.45) is 5.41 Å². The summed E-state index contributed by atoms with van der Waals surface area (Å²) >= 11 is 0. The Morgan fingerprint density at radius 3 is 2.48 bits per heavy atom. The number of nitrogens with zero attached hydrogens (tertiary/aromatic N) is 4. The van der Waals surface area contributed by atoms with E-state index in [0.29, 0.717) is 6.04 Å². The monoisotopic (exact) mass is 398 g/mol. The molecule has 29 heavy (non-hydrogen) atoms. The smallest absolute Gasteiger partial charge is 0.147 e. The Kier molecular flexibility index (Phi) is 5.83. The van der Waals surface area contributed by atoms with Crippen LogP contribution in [0, 0.1) is 37.5 Å². The predicted octanol–water partition coefficient (Wildman–Crippen LogP) is 2.71. The Balaban J connectivity index is 1.49. The van der Waals surface area contributed by atoms with Crippen molar-refractivity contribution >= 4 is 5.82 Å². The Hall–Kier alpha value is -1.68. The van der Waals surface area contributed by atoms with Crippen LogP contribution in [0.15, 0.2) is 0 Å². The molecular formula is C23H34N4O2. The molecule has 3 saturated heterocycles. The van der Waals surface area contributed by atoms with Crippen LogP contribution in [0.1, 0.15) is 54.5 Å². The first-order valence-electron chi connectivity index (χ1n) is 11.1. The summed E-state index contributed by atoms with van der Waals surface area (Å²) in [6.07, 6.45) is 4.89. The highest BCUT2D eigenvalue weighted by atomic mass is 16.5. The molecule has 1 atom stereocenters. The number of pyridine rings is 1. The van der Waals surface area contributed by atoms with E-state index >= 15 is 0 Å². The van der Waals surface area contributed by atoms with E-state index in [1.165, 1.54) is 0 Å². The first-order valence-corrected chi connectivity index (χ1v) is 11.1. The lowest BCUT2D eigenvalue weighted by atomic mass is 9.71. The number of hydrogen-bond acceptors (Lipinski definition) is 6. The van der Waals surface area contributed by atoms with Crippen LogP contribution in [-0.4, -0.2) is 66.5 Å². The number of piperidine rings is 2. The quantitative estimate of drug-likeness (QED) is 0.826. The van der Waals surface area contributed by atoms with Gasteiger partial charge in [0.1, 0.15) is 11.9 Å². The maximum absolute atomic E-state index is 10.7. The number of rotatable bonds is 2. The highest BCUT2D eigenvalue weighted by Crippen LogP contribution is 2.42. The average Bonchev–Trinajstić information content (AvgIpc) is 2.72. The minimum Gasteiger partial charge on any atom is -0.392 e. The zero-order valence-electron chi connectivity index (χ0n) is 18.1. The van der Waals surface area contributed by atoms with Crippen molar-refractivity contribution in [2.75, 3.05) is 44.3 Å².